The molecular formula is C22H25N7O3. The molecule has 166 valence electrons. The number of ether oxygens (including phenoxy) is 1. The summed E-state index contributed by atoms with van der Waals surface area (Å²) < 4.78 is 4.92. The van der Waals surface area contributed by atoms with Crippen molar-refractivity contribution >= 4 is 17.8 Å². The van der Waals surface area contributed by atoms with Gasteiger partial charge in [-0.3, -0.25) is 5.10 Å². The lowest BCUT2D eigenvalue weighted by atomic mass is 10.1. The monoisotopic (exact) mass is 435 g/mol. The maximum absolute atomic E-state index is 12.4. The fourth-order valence-corrected chi connectivity index (χ4v) is 3.55. The second-order valence-electron chi connectivity index (χ2n) is 7.38. The fourth-order valence-electron chi connectivity index (χ4n) is 3.55. The van der Waals surface area contributed by atoms with Crippen molar-refractivity contribution in [3.8, 4) is 11.4 Å². The highest BCUT2D eigenvalue weighted by atomic mass is 16.5. The van der Waals surface area contributed by atoms with E-state index in [4.69, 9.17) is 4.74 Å². The summed E-state index contributed by atoms with van der Waals surface area (Å²) in [7, 11) is 0. The zero-order valence-electron chi connectivity index (χ0n) is 17.7. The van der Waals surface area contributed by atoms with E-state index in [1.807, 2.05) is 42.5 Å². The number of H-pyrrole nitrogens is 1. The molecule has 0 bridgehead atoms. The molecule has 4 rings (SSSR count). The number of esters is 1. The van der Waals surface area contributed by atoms with Crippen LogP contribution in [0, 0.1) is 0 Å². The Labute approximate surface area is 185 Å². The molecule has 1 aliphatic rings. The molecule has 0 radical (unpaired) electrons. The van der Waals surface area contributed by atoms with Crippen molar-refractivity contribution < 1.29 is 14.3 Å². The van der Waals surface area contributed by atoms with Crippen LogP contribution < -0.4 is 15.5 Å². The van der Waals surface area contributed by atoms with Gasteiger partial charge in [0.25, 0.3) is 0 Å². The van der Waals surface area contributed by atoms with Gasteiger partial charge in [0.15, 0.2) is 5.82 Å². The van der Waals surface area contributed by atoms with Crippen molar-refractivity contribution in [2.75, 3.05) is 24.6 Å². The number of pyridine rings is 1. The fraction of sp³-hybridized carbons (Fsp3) is 0.318. The number of aromatic amines is 1. The van der Waals surface area contributed by atoms with Crippen LogP contribution in [0.3, 0.4) is 0 Å². The van der Waals surface area contributed by atoms with E-state index in [1.165, 1.54) is 0 Å². The molecule has 0 saturated carbocycles. The first kappa shape index (κ1) is 21.3. The number of anilines is 1. The smallest absolute Gasteiger partial charge is 0.375 e. The molecule has 10 nitrogen and oxygen atoms in total. The second kappa shape index (κ2) is 9.90. The number of benzene rings is 1. The molecule has 2 amide bonds. The number of aromatic nitrogens is 4. The zero-order chi connectivity index (χ0) is 22.3. The lowest BCUT2D eigenvalue weighted by Gasteiger charge is -2.18. The maximum atomic E-state index is 12.4. The van der Waals surface area contributed by atoms with Gasteiger partial charge in [0.05, 0.1) is 6.61 Å². The van der Waals surface area contributed by atoms with Crippen LogP contribution in [-0.4, -0.2) is 57.9 Å². The van der Waals surface area contributed by atoms with Gasteiger partial charge in [0.2, 0.25) is 5.82 Å². The Balaban J connectivity index is 1.29. The van der Waals surface area contributed by atoms with Crippen molar-refractivity contribution in [2.24, 2.45) is 0 Å². The molecule has 3 aromatic rings. The SMILES string of the molecule is CCOC(=O)c1nc(-c2cccc(CNC(=O)NC3CCN(c4ccccn4)C3)c2)n[nH]1. The maximum Gasteiger partial charge on any atom is 0.375 e. The molecule has 3 heterocycles. The zero-order valence-corrected chi connectivity index (χ0v) is 17.7. The molecule has 0 aliphatic carbocycles. The first-order valence-corrected chi connectivity index (χ1v) is 10.5. The van der Waals surface area contributed by atoms with Gasteiger partial charge in [-0.05, 0) is 37.1 Å². The number of nitrogens with zero attached hydrogens (tertiary/aromatic N) is 4. The molecule has 1 aromatic carbocycles. The van der Waals surface area contributed by atoms with E-state index >= 15 is 0 Å². The minimum atomic E-state index is -0.547. The van der Waals surface area contributed by atoms with Gasteiger partial charge in [0.1, 0.15) is 5.82 Å². The predicted molar refractivity (Wildman–Crippen MR) is 118 cm³/mol. The second-order valence-corrected chi connectivity index (χ2v) is 7.38. The summed E-state index contributed by atoms with van der Waals surface area (Å²) in [6.45, 7) is 3.93. The van der Waals surface area contributed by atoms with Crippen LogP contribution in [0.2, 0.25) is 0 Å². The van der Waals surface area contributed by atoms with Gasteiger partial charge in [0, 0.05) is 37.4 Å². The van der Waals surface area contributed by atoms with Crippen molar-refractivity contribution in [2.45, 2.75) is 25.9 Å². The first-order valence-electron chi connectivity index (χ1n) is 10.5. The Kier molecular flexibility index (Phi) is 6.59. The number of carbonyl (C=O) groups excluding carboxylic acids is 2. The Hall–Kier alpha value is -3.95. The number of urea groups is 1. The molecule has 1 atom stereocenters. The standard InChI is InChI=1S/C22H25N7O3/c1-2-32-21(30)20-26-19(27-28-20)16-7-5-6-15(12-16)13-24-22(31)25-17-9-11-29(14-17)18-8-3-4-10-23-18/h3-8,10,12,17H,2,9,11,13-14H2,1H3,(H2,24,25,31)(H,26,27,28). The average Bonchev–Trinajstić information content (AvgIpc) is 3.49. The molecule has 1 aliphatic heterocycles. The molecule has 1 unspecified atom stereocenters. The van der Waals surface area contributed by atoms with E-state index in [0.717, 1.165) is 36.5 Å². The molecule has 2 aromatic heterocycles. The summed E-state index contributed by atoms with van der Waals surface area (Å²) in [5.41, 5.74) is 1.62. The minimum Gasteiger partial charge on any atom is -0.460 e. The third-order valence-electron chi connectivity index (χ3n) is 5.09. The van der Waals surface area contributed by atoms with Crippen LogP contribution in [0.25, 0.3) is 11.4 Å². The van der Waals surface area contributed by atoms with Gasteiger partial charge in [-0.1, -0.05) is 24.3 Å². The van der Waals surface area contributed by atoms with Gasteiger partial charge < -0.3 is 20.3 Å². The summed E-state index contributed by atoms with van der Waals surface area (Å²) in [5.74, 6) is 0.822. The summed E-state index contributed by atoms with van der Waals surface area (Å²) in [6.07, 6.45) is 2.64. The average molecular weight is 435 g/mol. The summed E-state index contributed by atoms with van der Waals surface area (Å²) in [4.78, 5) is 34.8. The number of rotatable bonds is 7. The minimum absolute atomic E-state index is 0.0565. The van der Waals surface area contributed by atoms with E-state index in [-0.39, 0.29) is 24.5 Å². The van der Waals surface area contributed by atoms with Crippen molar-refractivity contribution in [1.82, 2.24) is 30.8 Å². The first-order chi connectivity index (χ1) is 15.6. The van der Waals surface area contributed by atoms with Crippen LogP contribution in [-0.2, 0) is 11.3 Å². The number of nitrogens with one attached hydrogen (secondary N) is 3. The summed E-state index contributed by atoms with van der Waals surface area (Å²) in [5, 5.41) is 12.6. The Morgan fingerprint density at radius 3 is 2.97 bits per heavy atom. The van der Waals surface area contributed by atoms with Crippen molar-refractivity contribution in [1.29, 1.82) is 0 Å². The number of amides is 2. The van der Waals surface area contributed by atoms with E-state index in [1.54, 1.807) is 13.1 Å². The Morgan fingerprint density at radius 2 is 2.16 bits per heavy atom. The van der Waals surface area contributed by atoms with E-state index in [2.05, 4.69) is 35.7 Å². The molecule has 10 heteroatoms. The highest BCUT2D eigenvalue weighted by molar-refractivity contribution is 5.85. The highest BCUT2D eigenvalue weighted by Gasteiger charge is 2.24. The largest absolute Gasteiger partial charge is 0.460 e. The van der Waals surface area contributed by atoms with Gasteiger partial charge in [-0.2, -0.15) is 5.10 Å². The Bertz CT molecular complexity index is 1070. The van der Waals surface area contributed by atoms with Crippen molar-refractivity contribution in [3.05, 3.63) is 60.0 Å². The number of hydrogen-bond donors (Lipinski definition) is 3. The normalized spacial score (nSPS) is 15.4. The van der Waals surface area contributed by atoms with E-state index < -0.39 is 5.97 Å². The number of carbonyl (C=O) groups is 2. The van der Waals surface area contributed by atoms with Crippen LogP contribution in [0.15, 0.2) is 48.7 Å². The van der Waals surface area contributed by atoms with Crippen molar-refractivity contribution in [3.63, 3.8) is 0 Å². The quantitative estimate of drug-likeness (QED) is 0.486. The number of hydrogen-bond acceptors (Lipinski definition) is 7. The van der Waals surface area contributed by atoms with Gasteiger partial charge >= 0.3 is 12.0 Å². The molecule has 3 N–H and O–H groups in total. The van der Waals surface area contributed by atoms with Crippen LogP contribution >= 0.6 is 0 Å². The third kappa shape index (κ3) is 5.20. The third-order valence-corrected chi connectivity index (χ3v) is 5.09. The molecule has 1 fully saturated rings. The predicted octanol–water partition coefficient (Wildman–Crippen LogP) is 2.12. The van der Waals surface area contributed by atoms with Gasteiger partial charge in [-0.25, -0.2) is 19.6 Å². The lowest BCUT2D eigenvalue weighted by molar-refractivity contribution is 0.0512. The topological polar surface area (TPSA) is 125 Å². The molecule has 32 heavy (non-hydrogen) atoms. The summed E-state index contributed by atoms with van der Waals surface area (Å²) >= 11 is 0. The Morgan fingerprint density at radius 1 is 1.25 bits per heavy atom. The molecule has 0 spiro atoms. The molecular weight excluding hydrogens is 410 g/mol. The summed E-state index contributed by atoms with van der Waals surface area (Å²) in [6, 6.07) is 13.1. The lowest BCUT2D eigenvalue weighted by Crippen LogP contribution is -2.43. The van der Waals surface area contributed by atoms with Gasteiger partial charge in [-0.15, -0.1) is 0 Å². The van der Waals surface area contributed by atoms with Crippen LogP contribution in [0.1, 0.15) is 29.5 Å². The van der Waals surface area contributed by atoms with Crippen LogP contribution in [0.4, 0.5) is 10.6 Å². The molecule has 1 saturated heterocycles. The van der Waals surface area contributed by atoms with E-state index in [0.29, 0.717) is 12.4 Å². The van der Waals surface area contributed by atoms with E-state index in [9.17, 15) is 9.59 Å². The van der Waals surface area contributed by atoms with Crippen LogP contribution in [0.5, 0.6) is 0 Å². The highest BCUT2D eigenvalue weighted by Crippen LogP contribution is 2.18.